The van der Waals surface area contributed by atoms with Crippen molar-refractivity contribution >= 4 is 33.4 Å². The zero-order valence-electron chi connectivity index (χ0n) is 19.9. The number of nitrogens with one attached hydrogen (secondary N) is 1. The number of hydrogen-bond acceptors (Lipinski definition) is 4. The van der Waals surface area contributed by atoms with Gasteiger partial charge in [0, 0.05) is 21.7 Å². The standard InChI is InChI=1S/C28H27BrN2O4/c1-17(2)16-35-23-10-9-21(12-18(23)3)26(32)24-25(20-7-4-8-22(29)13-20)31(28(34)27(24)33)15-19-6-5-11-30-14-19/h4-14,17,25,32H,15-16H2,1-3H3. The highest BCUT2D eigenvalue weighted by Gasteiger charge is 2.44. The monoisotopic (exact) mass is 534 g/mol. The van der Waals surface area contributed by atoms with Gasteiger partial charge in [-0.15, -0.1) is 0 Å². The van der Waals surface area contributed by atoms with E-state index in [2.05, 4.69) is 34.8 Å². The molecule has 1 aromatic heterocycles. The maximum Gasteiger partial charge on any atom is 0.295 e. The largest absolute Gasteiger partial charge is 0.872 e. The smallest absolute Gasteiger partial charge is 0.295 e. The maximum absolute atomic E-state index is 13.7. The van der Waals surface area contributed by atoms with Crippen molar-refractivity contribution in [3.63, 3.8) is 0 Å². The van der Waals surface area contributed by atoms with Crippen molar-refractivity contribution < 1.29 is 24.4 Å². The zero-order chi connectivity index (χ0) is 25.1. The van der Waals surface area contributed by atoms with Gasteiger partial charge in [0.15, 0.2) is 12.4 Å². The lowest BCUT2D eigenvalue weighted by atomic mass is 9.94. The minimum absolute atomic E-state index is 0.0386. The molecule has 1 atom stereocenters. The first-order valence-corrected chi connectivity index (χ1v) is 12.3. The Morgan fingerprint density at radius 1 is 1.14 bits per heavy atom. The Balaban J connectivity index is 1.79. The van der Waals surface area contributed by atoms with E-state index < -0.39 is 23.5 Å². The summed E-state index contributed by atoms with van der Waals surface area (Å²) in [6.45, 7) is 6.75. The average molecular weight is 535 g/mol. The quantitative estimate of drug-likeness (QED) is 0.260. The van der Waals surface area contributed by atoms with Gasteiger partial charge in [0.1, 0.15) is 5.75 Å². The van der Waals surface area contributed by atoms with E-state index in [-0.39, 0.29) is 12.1 Å². The molecule has 35 heavy (non-hydrogen) atoms. The number of benzene rings is 2. The van der Waals surface area contributed by atoms with E-state index in [1.54, 1.807) is 30.6 Å². The van der Waals surface area contributed by atoms with Crippen LogP contribution in [0.2, 0.25) is 0 Å². The lowest BCUT2D eigenvalue weighted by Crippen LogP contribution is -2.29. The van der Waals surface area contributed by atoms with Gasteiger partial charge in [-0.05, 0) is 59.9 Å². The molecule has 1 saturated heterocycles. The minimum Gasteiger partial charge on any atom is -0.872 e. The summed E-state index contributed by atoms with van der Waals surface area (Å²) < 4.78 is 6.62. The number of ketones is 1. The molecule has 6 nitrogen and oxygen atoms in total. The van der Waals surface area contributed by atoms with Crippen LogP contribution >= 0.6 is 15.9 Å². The Hall–Kier alpha value is -3.45. The normalized spacial score (nSPS) is 17.3. The fourth-order valence-corrected chi connectivity index (χ4v) is 4.56. The number of aromatic nitrogens is 1. The van der Waals surface area contributed by atoms with Crippen molar-refractivity contribution in [2.45, 2.75) is 33.4 Å². The fourth-order valence-electron chi connectivity index (χ4n) is 4.15. The summed E-state index contributed by atoms with van der Waals surface area (Å²) in [4.78, 5) is 30.8. The van der Waals surface area contributed by atoms with Crippen LogP contribution in [0.15, 0.2) is 77.0 Å². The molecule has 7 heteroatoms. The number of hydrogen-bond donors (Lipinski definition) is 0. The molecule has 1 amide bonds. The van der Waals surface area contributed by atoms with E-state index in [1.807, 2.05) is 43.3 Å². The SMILES string of the molecule is Cc1cc(C([O-])=C2C(=O)C(=O)N(Cc3ccc[nH+]c3)C2c2cccc(Br)c2)ccc1OCC(C)C. The third kappa shape index (κ3) is 5.30. The number of rotatable bonds is 7. The van der Waals surface area contributed by atoms with Crippen LogP contribution in [0.25, 0.3) is 5.76 Å². The summed E-state index contributed by atoms with van der Waals surface area (Å²) in [6, 6.07) is 15.4. The predicted molar refractivity (Wildman–Crippen MR) is 134 cm³/mol. The third-order valence-electron chi connectivity index (χ3n) is 5.83. The number of aryl methyl sites for hydroxylation is 1. The number of amides is 1. The van der Waals surface area contributed by atoms with Crippen LogP contribution in [0.4, 0.5) is 0 Å². The number of H-pyrrole nitrogens is 1. The highest BCUT2D eigenvalue weighted by atomic mass is 79.9. The Labute approximate surface area is 213 Å². The number of aromatic amines is 1. The second-order valence-corrected chi connectivity index (χ2v) is 9.98. The molecule has 180 valence electrons. The number of nitrogens with zero attached hydrogens (tertiary/aromatic N) is 1. The second-order valence-electron chi connectivity index (χ2n) is 9.06. The Morgan fingerprint density at radius 2 is 1.94 bits per heavy atom. The first kappa shape index (κ1) is 24.7. The van der Waals surface area contributed by atoms with Crippen LogP contribution in [-0.2, 0) is 16.1 Å². The molecular formula is C28H27BrN2O4. The molecule has 0 spiro atoms. The molecule has 0 radical (unpaired) electrons. The van der Waals surface area contributed by atoms with Crippen LogP contribution in [-0.4, -0.2) is 23.2 Å². The molecule has 1 aliphatic heterocycles. The van der Waals surface area contributed by atoms with Crippen molar-refractivity contribution in [2.75, 3.05) is 6.61 Å². The number of carbonyl (C=O) groups excluding carboxylic acids is 2. The van der Waals surface area contributed by atoms with Crippen LogP contribution < -0.4 is 14.8 Å². The number of Topliss-reactive ketones (excluding diaryl/α,β-unsaturated/α-hetero) is 1. The second kappa shape index (κ2) is 10.4. The molecule has 4 rings (SSSR count). The Bertz CT molecular complexity index is 1290. The maximum atomic E-state index is 13.7. The molecule has 1 N–H and O–H groups in total. The molecule has 0 aliphatic carbocycles. The molecule has 1 aliphatic rings. The number of likely N-dealkylation sites (tertiary alicyclic amines) is 1. The van der Waals surface area contributed by atoms with Crippen molar-refractivity contribution in [3.05, 3.63) is 99.3 Å². The number of carbonyl (C=O) groups is 2. The van der Waals surface area contributed by atoms with E-state index in [4.69, 9.17) is 4.74 Å². The van der Waals surface area contributed by atoms with Gasteiger partial charge in [0.05, 0.1) is 19.2 Å². The van der Waals surface area contributed by atoms with Crippen LogP contribution in [0.3, 0.4) is 0 Å². The Kier molecular flexibility index (Phi) is 7.36. The first-order valence-electron chi connectivity index (χ1n) is 11.5. The molecule has 3 aromatic rings. The van der Waals surface area contributed by atoms with Crippen molar-refractivity contribution in [1.82, 2.24) is 4.90 Å². The fraction of sp³-hybridized carbons (Fsp3) is 0.250. The molecular weight excluding hydrogens is 508 g/mol. The van der Waals surface area contributed by atoms with Crippen molar-refractivity contribution in [1.29, 1.82) is 0 Å². The van der Waals surface area contributed by atoms with Crippen molar-refractivity contribution in [3.8, 4) is 5.75 Å². The van der Waals surface area contributed by atoms with Gasteiger partial charge >= 0.3 is 0 Å². The van der Waals surface area contributed by atoms with E-state index in [9.17, 15) is 14.7 Å². The van der Waals surface area contributed by atoms with Crippen LogP contribution in [0, 0.1) is 12.8 Å². The van der Waals surface area contributed by atoms with Crippen LogP contribution in [0.1, 0.15) is 42.1 Å². The molecule has 1 unspecified atom stereocenters. The number of pyridine rings is 1. The lowest BCUT2D eigenvalue weighted by Gasteiger charge is -2.27. The number of halogens is 1. The van der Waals surface area contributed by atoms with Gasteiger partial charge in [0.2, 0.25) is 5.78 Å². The van der Waals surface area contributed by atoms with E-state index in [0.29, 0.717) is 29.4 Å². The highest BCUT2D eigenvalue weighted by Crippen LogP contribution is 2.40. The van der Waals surface area contributed by atoms with E-state index in [1.165, 1.54) is 4.90 Å². The summed E-state index contributed by atoms with van der Waals surface area (Å²) in [5, 5.41) is 13.7. The zero-order valence-corrected chi connectivity index (χ0v) is 21.5. The first-order chi connectivity index (χ1) is 16.8. The summed E-state index contributed by atoms with van der Waals surface area (Å²) in [7, 11) is 0. The van der Waals surface area contributed by atoms with Gasteiger partial charge in [-0.2, -0.15) is 0 Å². The van der Waals surface area contributed by atoms with Gasteiger partial charge in [-0.3, -0.25) is 9.59 Å². The number of ether oxygens (including phenoxy) is 1. The molecule has 0 bridgehead atoms. The Morgan fingerprint density at radius 3 is 2.60 bits per heavy atom. The van der Waals surface area contributed by atoms with Gasteiger partial charge < -0.3 is 14.7 Å². The summed E-state index contributed by atoms with van der Waals surface area (Å²) in [5.74, 6) is -0.838. The summed E-state index contributed by atoms with van der Waals surface area (Å²) in [6.07, 6.45) is 3.54. The molecule has 2 aromatic carbocycles. The van der Waals surface area contributed by atoms with E-state index >= 15 is 0 Å². The van der Waals surface area contributed by atoms with Gasteiger partial charge in [0.25, 0.3) is 5.91 Å². The summed E-state index contributed by atoms with van der Waals surface area (Å²) in [5.41, 5.74) is 2.62. The average Bonchev–Trinajstić information content (AvgIpc) is 3.08. The van der Waals surface area contributed by atoms with Gasteiger partial charge in [-0.1, -0.05) is 53.7 Å². The lowest BCUT2D eigenvalue weighted by molar-refractivity contribution is -0.378. The predicted octanol–water partition coefficient (Wildman–Crippen LogP) is 4.03. The van der Waals surface area contributed by atoms with Crippen LogP contribution in [0.5, 0.6) is 5.75 Å². The minimum atomic E-state index is -0.794. The van der Waals surface area contributed by atoms with E-state index in [0.717, 1.165) is 15.6 Å². The third-order valence-corrected chi connectivity index (χ3v) is 6.32. The highest BCUT2D eigenvalue weighted by molar-refractivity contribution is 9.10. The van der Waals surface area contributed by atoms with Crippen molar-refractivity contribution in [2.24, 2.45) is 5.92 Å². The topological polar surface area (TPSA) is 83.8 Å². The molecule has 0 saturated carbocycles. The molecule has 2 heterocycles. The van der Waals surface area contributed by atoms with Gasteiger partial charge in [-0.25, -0.2) is 4.98 Å². The summed E-state index contributed by atoms with van der Waals surface area (Å²) >= 11 is 3.47. The molecule has 1 fully saturated rings.